The van der Waals surface area contributed by atoms with Crippen molar-refractivity contribution in [2.45, 2.75) is 26.4 Å². The van der Waals surface area contributed by atoms with Crippen LogP contribution in [0.1, 0.15) is 37.7 Å². The first-order valence-corrected chi connectivity index (χ1v) is 12.3. The number of hydrogen-bond donors (Lipinski definition) is 1. The van der Waals surface area contributed by atoms with Gasteiger partial charge in [0.25, 0.3) is 5.91 Å². The summed E-state index contributed by atoms with van der Waals surface area (Å²) >= 11 is 1.30. The van der Waals surface area contributed by atoms with E-state index in [1.807, 2.05) is 37.3 Å². The van der Waals surface area contributed by atoms with Gasteiger partial charge in [0.2, 0.25) is 5.91 Å². The van der Waals surface area contributed by atoms with Gasteiger partial charge in [0, 0.05) is 11.8 Å². The molecule has 9 heteroatoms. The van der Waals surface area contributed by atoms with E-state index in [0.717, 1.165) is 5.01 Å². The van der Waals surface area contributed by atoms with Crippen LogP contribution in [0.2, 0.25) is 0 Å². The first-order chi connectivity index (χ1) is 17.5. The topological polar surface area (TPSA) is 93.9 Å². The van der Waals surface area contributed by atoms with Gasteiger partial charge >= 0.3 is 0 Å². The van der Waals surface area contributed by atoms with Gasteiger partial charge in [0.1, 0.15) is 29.9 Å². The highest BCUT2D eigenvalue weighted by atomic mass is 32.1. The van der Waals surface area contributed by atoms with Crippen molar-refractivity contribution in [1.29, 1.82) is 0 Å². The highest BCUT2D eigenvalue weighted by Gasteiger charge is 2.35. The Hall–Kier alpha value is -4.11. The first kappa shape index (κ1) is 23.6. The van der Waals surface area contributed by atoms with Crippen molar-refractivity contribution in [2.24, 2.45) is 0 Å². The van der Waals surface area contributed by atoms with Crippen molar-refractivity contribution >= 4 is 28.8 Å². The summed E-state index contributed by atoms with van der Waals surface area (Å²) in [5.74, 6) is 1.06. The third-order valence-corrected chi connectivity index (χ3v) is 6.82. The zero-order valence-corrected chi connectivity index (χ0v) is 20.7. The van der Waals surface area contributed by atoms with Crippen molar-refractivity contribution in [2.75, 3.05) is 18.1 Å². The SMILES string of the molecule is Cc1nc(C)c(C(=O)N(c2ccc3c(c2)OCCO3)[C@H](C(=O)NCc2ccco2)c2ccccc2)s1. The number of thiazole rings is 1. The molecule has 2 aromatic heterocycles. The summed E-state index contributed by atoms with van der Waals surface area (Å²) in [7, 11) is 0. The second-order valence-electron chi connectivity index (χ2n) is 8.26. The van der Waals surface area contributed by atoms with Crippen LogP contribution < -0.4 is 19.7 Å². The van der Waals surface area contributed by atoms with Gasteiger partial charge in [-0.25, -0.2) is 4.98 Å². The van der Waals surface area contributed by atoms with E-state index < -0.39 is 6.04 Å². The predicted octanol–water partition coefficient (Wildman–Crippen LogP) is 4.83. The van der Waals surface area contributed by atoms with Crippen LogP contribution in [0.15, 0.2) is 71.3 Å². The monoisotopic (exact) mass is 503 g/mol. The molecule has 8 nitrogen and oxygen atoms in total. The fraction of sp³-hybridized carbons (Fsp3) is 0.222. The average molecular weight is 504 g/mol. The predicted molar refractivity (Wildman–Crippen MR) is 136 cm³/mol. The molecule has 2 aromatic carbocycles. The molecule has 0 saturated heterocycles. The fourth-order valence-electron chi connectivity index (χ4n) is 4.14. The van der Waals surface area contributed by atoms with E-state index in [4.69, 9.17) is 13.9 Å². The van der Waals surface area contributed by atoms with Crippen LogP contribution in [-0.4, -0.2) is 30.0 Å². The van der Waals surface area contributed by atoms with Gasteiger partial charge in [-0.2, -0.15) is 0 Å². The van der Waals surface area contributed by atoms with E-state index in [2.05, 4.69) is 10.3 Å². The van der Waals surface area contributed by atoms with Crippen molar-refractivity contribution in [3.8, 4) is 11.5 Å². The quantitative estimate of drug-likeness (QED) is 0.388. The molecule has 3 heterocycles. The van der Waals surface area contributed by atoms with Crippen LogP contribution in [0.25, 0.3) is 0 Å². The first-order valence-electron chi connectivity index (χ1n) is 11.5. The van der Waals surface area contributed by atoms with Crippen molar-refractivity contribution < 1.29 is 23.5 Å². The number of aryl methyl sites for hydroxylation is 2. The molecule has 1 aliphatic rings. The van der Waals surface area contributed by atoms with Gasteiger partial charge in [-0.15, -0.1) is 11.3 Å². The van der Waals surface area contributed by atoms with Gasteiger partial charge in [-0.1, -0.05) is 30.3 Å². The third kappa shape index (κ3) is 4.83. The molecule has 1 aliphatic heterocycles. The number of fused-ring (bicyclic) bond motifs is 1. The lowest BCUT2D eigenvalue weighted by molar-refractivity contribution is -0.122. The molecule has 0 radical (unpaired) electrons. The molecule has 0 saturated carbocycles. The van der Waals surface area contributed by atoms with E-state index in [1.54, 1.807) is 43.5 Å². The zero-order chi connectivity index (χ0) is 25.1. The third-order valence-electron chi connectivity index (χ3n) is 5.76. The molecule has 5 rings (SSSR count). The van der Waals surface area contributed by atoms with Crippen LogP contribution in [0.3, 0.4) is 0 Å². The Morgan fingerprint density at radius 3 is 2.50 bits per heavy atom. The minimum atomic E-state index is -0.960. The second kappa shape index (κ2) is 10.2. The molecule has 2 amide bonds. The standard InChI is InChI=1S/C27H25N3O5S/c1-17-25(36-18(2)29-17)27(32)30(20-10-11-22-23(15-20)35-14-13-34-22)24(19-7-4-3-5-8-19)26(31)28-16-21-9-6-12-33-21/h3-12,15,24H,13-14,16H2,1-2H3,(H,28,31)/t24-/m0/s1. The minimum absolute atomic E-state index is 0.191. The number of aromatic nitrogens is 1. The Labute approximate surface area is 212 Å². The lowest BCUT2D eigenvalue weighted by Gasteiger charge is -2.32. The van der Waals surface area contributed by atoms with Gasteiger partial charge in [0.15, 0.2) is 11.5 Å². The number of furan rings is 1. The molecular formula is C27H25N3O5S. The van der Waals surface area contributed by atoms with E-state index in [1.165, 1.54) is 16.2 Å². The summed E-state index contributed by atoms with van der Waals surface area (Å²) in [6.45, 7) is 4.71. The Morgan fingerprint density at radius 2 is 1.81 bits per heavy atom. The number of ether oxygens (including phenoxy) is 2. The Kier molecular flexibility index (Phi) is 6.73. The Balaban J connectivity index is 1.61. The number of nitrogens with zero attached hydrogens (tertiary/aromatic N) is 2. The van der Waals surface area contributed by atoms with Gasteiger partial charge in [0.05, 0.1) is 23.5 Å². The molecular weight excluding hydrogens is 478 g/mol. The summed E-state index contributed by atoms with van der Waals surface area (Å²) in [6.07, 6.45) is 1.55. The average Bonchev–Trinajstić information content (AvgIpc) is 3.54. The summed E-state index contributed by atoms with van der Waals surface area (Å²) in [5, 5.41) is 3.70. The summed E-state index contributed by atoms with van der Waals surface area (Å²) in [4.78, 5) is 34.3. The number of benzene rings is 2. The van der Waals surface area contributed by atoms with Crippen LogP contribution in [0.4, 0.5) is 5.69 Å². The van der Waals surface area contributed by atoms with Gasteiger partial charge in [-0.05, 0) is 43.7 Å². The Morgan fingerprint density at radius 1 is 1.03 bits per heavy atom. The number of nitrogens with one attached hydrogen (secondary N) is 1. The highest BCUT2D eigenvalue weighted by molar-refractivity contribution is 7.13. The molecule has 1 N–H and O–H groups in total. The largest absolute Gasteiger partial charge is 0.486 e. The summed E-state index contributed by atoms with van der Waals surface area (Å²) in [6, 6.07) is 17.1. The van der Waals surface area contributed by atoms with Gasteiger partial charge in [-0.3, -0.25) is 14.5 Å². The molecule has 1 atom stereocenters. The Bertz CT molecular complexity index is 1370. The maximum absolute atomic E-state index is 14.1. The molecule has 4 aromatic rings. The van der Waals surface area contributed by atoms with E-state index in [-0.39, 0.29) is 18.4 Å². The molecule has 184 valence electrons. The molecule has 0 spiro atoms. The summed E-state index contributed by atoms with van der Waals surface area (Å²) in [5.41, 5.74) is 1.79. The van der Waals surface area contributed by atoms with E-state index in [0.29, 0.717) is 52.3 Å². The van der Waals surface area contributed by atoms with Crippen molar-refractivity contribution in [3.63, 3.8) is 0 Å². The number of hydrogen-bond acceptors (Lipinski definition) is 7. The fourth-order valence-corrected chi connectivity index (χ4v) is 5.00. The molecule has 0 unspecified atom stereocenters. The van der Waals surface area contributed by atoms with Gasteiger partial charge < -0.3 is 19.2 Å². The van der Waals surface area contributed by atoms with Crippen LogP contribution >= 0.6 is 11.3 Å². The van der Waals surface area contributed by atoms with Crippen LogP contribution in [-0.2, 0) is 11.3 Å². The highest BCUT2D eigenvalue weighted by Crippen LogP contribution is 2.38. The molecule has 0 aliphatic carbocycles. The molecule has 0 bridgehead atoms. The second-order valence-corrected chi connectivity index (χ2v) is 9.46. The zero-order valence-electron chi connectivity index (χ0n) is 19.9. The number of carbonyl (C=O) groups excluding carboxylic acids is 2. The maximum atomic E-state index is 14.1. The van der Waals surface area contributed by atoms with Crippen LogP contribution in [0.5, 0.6) is 11.5 Å². The molecule has 36 heavy (non-hydrogen) atoms. The number of amides is 2. The summed E-state index contributed by atoms with van der Waals surface area (Å²) < 4.78 is 16.8. The van der Waals surface area contributed by atoms with E-state index >= 15 is 0 Å². The lowest BCUT2D eigenvalue weighted by Crippen LogP contribution is -2.44. The van der Waals surface area contributed by atoms with E-state index in [9.17, 15) is 9.59 Å². The number of carbonyl (C=O) groups is 2. The van der Waals surface area contributed by atoms with Crippen molar-refractivity contribution in [1.82, 2.24) is 10.3 Å². The number of anilines is 1. The smallest absolute Gasteiger partial charge is 0.271 e. The lowest BCUT2D eigenvalue weighted by atomic mass is 10.0. The van der Waals surface area contributed by atoms with Crippen molar-refractivity contribution in [3.05, 3.63) is 93.8 Å². The molecule has 0 fully saturated rings. The minimum Gasteiger partial charge on any atom is -0.486 e. The maximum Gasteiger partial charge on any atom is 0.271 e. The number of rotatable bonds is 7. The normalized spacial score (nSPS) is 13.2. The van der Waals surface area contributed by atoms with Crippen LogP contribution in [0, 0.1) is 13.8 Å².